The second-order valence-corrected chi connectivity index (χ2v) is 8.25. The Kier molecular flexibility index (Phi) is 4.09. The maximum absolute atomic E-state index is 9.94. The molecule has 0 unspecified atom stereocenters. The fourth-order valence-corrected chi connectivity index (χ4v) is 2.31. The number of halogens is 1. The minimum absolute atomic E-state index is 0.0590. The zero-order chi connectivity index (χ0) is 13.4. The molecular weight excluding hydrogens is 256 g/mol. The molecule has 1 aromatic heterocycles. The normalized spacial score (nSPS) is 13.1. The molecule has 0 amide bonds. The van der Waals surface area contributed by atoms with E-state index >= 15 is 0 Å². The summed E-state index contributed by atoms with van der Waals surface area (Å²) < 4.78 is 1.73. The van der Waals surface area contributed by atoms with Crippen LogP contribution in [0.3, 0.4) is 0 Å². The fraction of sp³-hybridized carbons (Fsp3) is 0.750. The predicted octanol–water partition coefficient (Wildman–Crippen LogP) is 4.03. The van der Waals surface area contributed by atoms with Crippen LogP contribution in [0.1, 0.15) is 47.2 Å². The van der Waals surface area contributed by atoms with Crippen LogP contribution in [0.2, 0.25) is 5.02 Å². The highest BCUT2D eigenvalue weighted by molar-refractivity contribution is 7.99. The summed E-state index contributed by atoms with van der Waals surface area (Å²) in [5.41, 5.74) is 0.484. The summed E-state index contributed by atoms with van der Waals surface area (Å²) in [5, 5.41) is 14.7. The minimum Gasteiger partial charge on any atom is -0.492 e. The van der Waals surface area contributed by atoms with Crippen LogP contribution in [0.4, 0.5) is 0 Å². The van der Waals surface area contributed by atoms with E-state index in [1.807, 2.05) is 20.8 Å². The lowest BCUT2D eigenvalue weighted by Gasteiger charge is -2.20. The summed E-state index contributed by atoms with van der Waals surface area (Å²) in [6, 6.07) is 0. The summed E-state index contributed by atoms with van der Waals surface area (Å²) in [4.78, 5) is 0. The second kappa shape index (κ2) is 4.73. The average Bonchev–Trinajstić information content (AvgIpc) is 2.39. The Balaban J connectivity index is 2.96. The summed E-state index contributed by atoms with van der Waals surface area (Å²) >= 11 is 7.86. The Hall–Kier alpha value is -0.350. The number of hydrogen-bond acceptors (Lipinski definition) is 3. The van der Waals surface area contributed by atoms with Crippen LogP contribution >= 0.6 is 23.4 Å². The molecule has 0 aliphatic heterocycles. The second-order valence-electron chi connectivity index (χ2n) is 6.07. The molecule has 1 aromatic rings. The lowest BCUT2D eigenvalue weighted by molar-refractivity contribution is 0.294. The maximum Gasteiger partial charge on any atom is 0.229 e. The van der Waals surface area contributed by atoms with Gasteiger partial charge in [-0.2, -0.15) is 5.10 Å². The highest BCUT2D eigenvalue weighted by Crippen LogP contribution is 2.35. The molecule has 1 rings (SSSR count). The van der Waals surface area contributed by atoms with Crippen LogP contribution in [-0.2, 0) is 11.3 Å². The Bertz CT molecular complexity index is 402. The largest absolute Gasteiger partial charge is 0.492 e. The molecule has 0 fully saturated rings. The van der Waals surface area contributed by atoms with Gasteiger partial charge in [0.1, 0.15) is 5.02 Å². The Morgan fingerprint density at radius 3 is 2.12 bits per heavy atom. The van der Waals surface area contributed by atoms with Crippen LogP contribution in [0.15, 0.2) is 0 Å². The average molecular weight is 277 g/mol. The van der Waals surface area contributed by atoms with Gasteiger partial charge in [0.25, 0.3) is 0 Å². The molecule has 17 heavy (non-hydrogen) atoms. The molecule has 0 spiro atoms. The van der Waals surface area contributed by atoms with E-state index in [1.54, 1.807) is 16.4 Å². The maximum atomic E-state index is 9.94. The van der Waals surface area contributed by atoms with Gasteiger partial charge in [-0.05, 0) is 20.8 Å². The van der Waals surface area contributed by atoms with Gasteiger partial charge in [-0.15, -0.1) is 11.8 Å². The number of thioether (sulfide) groups is 1. The topological polar surface area (TPSA) is 38.0 Å². The molecule has 0 aliphatic rings. The van der Waals surface area contributed by atoms with Gasteiger partial charge in [-0.25, -0.2) is 4.68 Å². The first-order chi connectivity index (χ1) is 7.52. The van der Waals surface area contributed by atoms with Crippen molar-refractivity contribution >= 4 is 23.4 Å². The number of hydrogen-bond donors (Lipinski definition) is 1. The molecule has 0 saturated heterocycles. The lowest BCUT2D eigenvalue weighted by atomic mass is 10.1. The molecule has 5 heteroatoms. The van der Waals surface area contributed by atoms with Crippen molar-refractivity contribution in [2.45, 2.75) is 57.6 Å². The molecule has 3 nitrogen and oxygen atoms in total. The lowest BCUT2D eigenvalue weighted by Crippen LogP contribution is -2.22. The number of aromatic nitrogens is 2. The van der Waals surface area contributed by atoms with Crippen molar-refractivity contribution in [3.63, 3.8) is 0 Å². The van der Waals surface area contributed by atoms with Crippen molar-refractivity contribution in [1.29, 1.82) is 0 Å². The Morgan fingerprint density at radius 1 is 1.24 bits per heavy atom. The van der Waals surface area contributed by atoms with Crippen molar-refractivity contribution in [1.82, 2.24) is 9.78 Å². The van der Waals surface area contributed by atoms with E-state index in [4.69, 9.17) is 11.6 Å². The first-order valence-corrected chi connectivity index (χ1v) is 6.99. The molecule has 0 saturated carbocycles. The molecule has 0 bridgehead atoms. The summed E-state index contributed by atoms with van der Waals surface area (Å²) in [6.45, 7) is 12.4. The standard InChI is InChI=1S/C12H21ClN2OS/c1-11(2,3)15-10(16)9(13)8(14-15)7-17-12(4,5)6/h16H,7H2,1-6H3. The van der Waals surface area contributed by atoms with E-state index in [0.29, 0.717) is 10.8 Å². The highest BCUT2D eigenvalue weighted by Gasteiger charge is 2.24. The van der Waals surface area contributed by atoms with Crippen LogP contribution in [0.5, 0.6) is 5.88 Å². The molecule has 0 aliphatic carbocycles. The highest BCUT2D eigenvalue weighted by atomic mass is 35.5. The van der Waals surface area contributed by atoms with E-state index in [-0.39, 0.29) is 16.2 Å². The van der Waals surface area contributed by atoms with Gasteiger partial charge in [0.15, 0.2) is 0 Å². The smallest absolute Gasteiger partial charge is 0.229 e. The summed E-state index contributed by atoms with van der Waals surface area (Å²) in [5.74, 6) is 0.766. The zero-order valence-corrected chi connectivity index (χ0v) is 12.9. The minimum atomic E-state index is -0.266. The zero-order valence-electron chi connectivity index (χ0n) is 11.3. The third-order valence-corrected chi connectivity index (χ3v) is 3.82. The van der Waals surface area contributed by atoms with Gasteiger partial charge in [0.05, 0.1) is 11.2 Å². The molecule has 98 valence electrons. The molecule has 1 N–H and O–H groups in total. The number of aromatic hydroxyl groups is 1. The van der Waals surface area contributed by atoms with Crippen LogP contribution < -0.4 is 0 Å². The molecule has 0 atom stereocenters. The third kappa shape index (κ3) is 3.81. The quantitative estimate of drug-likeness (QED) is 0.886. The summed E-state index contributed by atoms with van der Waals surface area (Å²) in [7, 11) is 0. The van der Waals surface area contributed by atoms with Gasteiger partial charge in [0, 0.05) is 10.5 Å². The van der Waals surface area contributed by atoms with E-state index < -0.39 is 0 Å². The first kappa shape index (κ1) is 14.7. The Morgan fingerprint density at radius 2 is 1.76 bits per heavy atom. The van der Waals surface area contributed by atoms with Crippen LogP contribution in [0.25, 0.3) is 0 Å². The SMILES string of the molecule is CC(C)(C)SCc1nn(C(C)(C)C)c(O)c1Cl. The number of rotatable bonds is 2. The summed E-state index contributed by atoms with van der Waals surface area (Å²) in [6.07, 6.45) is 0. The van der Waals surface area contributed by atoms with Gasteiger partial charge in [0.2, 0.25) is 5.88 Å². The monoisotopic (exact) mass is 276 g/mol. The first-order valence-electron chi connectivity index (χ1n) is 5.63. The van der Waals surface area contributed by atoms with Gasteiger partial charge < -0.3 is 5.11 Å². The van der Waals surface area contributed by atoms with Crippen LogP contribution in [-0.4, -0.2) is 19.6 Å². The third-order valence-electron chi connectivity index (χ3n) is 2.15. The van der Waals surface area contributed by atoms with E-state index in [0.717, 1.165) is 5.69 Å². The van der Waals surface area contributed by atoms with Gasteiger partial charge in [-0.1, -0.05) is 32.4 Å². The van der Waals surface area contributed by atoms with E-state index in [1.165, 1.54) is 0 Å². The van der Waals surface area contributed by atoms with E-state index in [2.05, 4.69) is 25.9 Å². The van der Waals surface area contributed by atoms with Crippen LogP contribution in [0, 0.1) is 0 Å². The van der Waals surface area contributed by atoms with Gasteiger partial charge >= 0.3 is 0 Å². The fourth-order valence-electron chi connectivity index (χ4n) is 1.28. The Labute approximate surface area is 113 Å². The molecule has 1 heterocycles. The van der Waals surface area contributed by atoms with Crippen molar-refractivity contribution in [2.75, 3.05) is 0 Å². The molecule has 0 radical (unpaired) electrons. The number of nitrogens with zero attached hydrogens (tertiary/aromatic N) is 2. The predicted molar refractivity (Wildman–Crippen MR) is 74.9 cm³/mol. The van der Waals surface area contributed by atoms with Crippen molar-refractivity contribution in [2.24, 2.45) is 0 Å². The van der Waals surface area contributed by atoms with Crippen molar-refractivity contribution in [3.05, 3.63) is 10.7 Å². The van der Waals surface area contributed by atoms with Gasteiger partial charge in [-0.3, -0.25) is 0 Å². The van der Waals surface area contributed by atoms with E-state index in [9.17, 15) is 5.11 Å². The molecular formula is C12H21ClN2OS. The van der Waals surface area contributed by atoms with Crippen molar-refractivity contribution in [3.8, 4) is 5.88 Å². The molecule has 0 aromatic carbocycles. The van der Waals surface area contributed by atoms with Crippen molar-refractivity contribution < 1.29 is 5.11 Å².